The van der Waals surface area contributed by atoms with Crippen molar-refractivity contribution in [1.29, 1.82) is 0 Å². The van der Waals surface area contributed by atoms with Gasteiger partial charge in [-0.25, -0.2) is 9.59 Å². The third-order valence-electron chi connectivity index (χ3n) is 8.22. The molecular formula is C25H33F3N4O3. The van der Waals surface area contributed by atoms with Gasteiger partial charge in [0.15, 0.2) is 5.75 Å². The number of nitrogens with one attached hydrogen (secondary N) is 3. The van der Waals surface area contributed by atoms with Crippen LogP contribution in [0.3, 0.4) is 0 Å². The number of alkyl halides is 3. The van der Waals surface area contributed by atoms with E-state index in [0.29, 0.717) is 32.5 Å². The first-order chi connectivity index (χ1) is 16.7. The first-order valence-electron chi connectivity index (χ1n) is 12.6. The lowest BCUT2D eigenvalue weighted by Crippen LogP contribution is -2.61. The first-order valence-corrected chi connectivity index (χ1v) is 12.6. The number of benzene rings is 1. The molecule has 1 aromatic carbocycles. The lowest BCUT2D eigenvalue weighted by atomic mass is 9.53. The summed E-state index contributed by atoms with van der Waals surface area (Å²) in [5.41, 5.74) is -0.0492. The number of halogens is 3. The van der Waals surface area contributed by atoms with E-state index in [1.165, 1.54) is 37.5 Å². The molecule has 4 bridgehead atoms. The molecule has 1 aliphatic heterocycles. The zero-order chi connectivity index (χ0) is 24.6. The van der Waals surface area contributed by atoms with Gasteiger partial charge in [0, 0.05) is 25.2 Å². The summed E-state index contributed by atoms with van der Waals surface area (Å²) in [5, 5.41) is 8.89. The Hall–Kier alpha value is -2.65. The van der Waals surface area contributed by atoms with E-state index in [4.69, 9.17) is 0 Å². The fraction of sp³-hybridized carbons (Fsp3) is 0.680. The van der Waals surface area contributed by atoms with Crippen LogP contribution in [0.15, 0.2) is 24.3 Å². The smallest absolute Gasteiger partial charge is 0.404 e. The number of anilines is 1. The van der Waals surface area contributed by atoms with Crippen LogP contribution in [-0.4, -0.2) is 48.5 Å². The van der Waals surface area contributed by atoms with Gasteiger partial charge in [0.25, 0.3) is 0 Å². The van der Waals surface area contributed by atoms with Crippen LogP contribution in [0.4, 0.5) is 28.4 Å². The predicted molar refractivity (Wildman–Crippen MR) is 124 cm³/mol. The Labute approximate surface area is 203 Å². The van der Waals surface area contributed by atoms with E-state index in [1.54, 1.807) is 4.90 Å². The van der Waals surface area contributed by atoms with Gasteiger partial charge in [-0.05, 0) is 87.2 Å². The van der Waals surface area contributed by atoms with Crippen molar-refractivity contribution in [3.63, 3.8) is 0 Å². The van der Waals surface area contributed by atoms with E-state index in [9.17, 15) is 22.8 Å². The zero-order valence-corrected chi connectivity index (χ0v) is 19.7. The van der Waals surface area contributed by atoms with Crippen LogP contribution < -0.4 is 20.7 Å². The molecule has 7 nitrogen and oxygen atoms in total. The minimum absolute atomic E-state index is 0.0214. The number of nitrogens with zero attached hydrogens (tertiary/aromatic N) is 1. The lowest BCUT2D eigenvalue weighted by Gasteiger charge is -2.56. The van der Waals surface area contributed by atoms with E-state index in [0.717, 1.165) is 43.1 Å². The Kier molecular flexibility index (Phi) is 6.48. The van der Waals surface area contributed by atoms with Crippen LogP contribution in [-0.2, 0) is 0 Å². The molecule has 0 atom stereocenters. The van der Waals surface area contributed by atoms with E-state index in [1.807, 2.05) is 0 Å². The SMILES string of the molecule is O=C(NCC1CCN(C(=O)Nc2ccccc2OC(F)(F)F)CC1)NC12CC3CC(CC(C3)C1)C2. The molecule has 192 valence electrons. The van der Waals surface area contributed by atoms with Gasteiger partial charge in [-0.3, -0.25) is 0 Å². The Morgan fingerprint density at radius 1 is 1.00 bits per heavy atom. The third-order valence-corrected chi connectivity index (χ3v) is 8.22. The number of carbonyl (C=O) groups excluding carboxylic acids is 2. The van der Waals surface area contributed by atoms with Gasteiger partial charge in [0.2, 0.25) is 0 Å². The number of ether oxygens (including phenoxy) is 1. The summed E-state index contributed by atoms with van der Waals surface area (Å²) >= 11 is 0. The van der Waals surface area contributed by atoms with Crippen molar-refractivity contribution in [2.45, 2.75) is 63.3 Å². The Bertz CT molecular complexity index is 911. The molecule has 0 radical (unpaired) electrons. The number of piperidine rings is 1. The monoisotopic (exact) mass is 494 g/mol. The van der Waals surface area contributed by atoms with E-state index in [-0.39, 0.29) is 23.2 Å². The molecule has 5 fully saturated rings. The summed E-state index contributed by atoms with van der Waals surface area (Å²) in [6.45, 7) is 1.49. The number of amides is 4. The van der Waals surface area contributed by atoms with Crippen LogP contribution >= 0.6 is 0 Å². The average Bonchev–Trinajstić information content (AvgIpc) is 2.77. The standard InChI is InChI=1S/C25H33F3N4O3/c26-25(27,28)35-21-4-2-1-3-20(21)30-23(34)32-7-5-16(6-8-32)15-29-22(33)31-24-12-17-9-18(13-24)11-19(10-17)14-24/h1-4,16-19H,5-15H2,(H,30,34)(H2,29,31,33). The van der Waals surface area contributed by atoms with Gasteiger partial charge >= 0.3 is 18.4 Å². The van der Waals surface area contributed by atoms with E-state index in [2.05, 4.69) is 20.7 Å². The molecule has 1 saturated heterocycles. The second-order valence-corrected chi connectivity index (χ2v) is 10.9. The van der Waals surface area contributed by atoms with E-state index < -0.39 is 18.1 Å². The molecule has 4 amide bonds. The maximum absolute atomic E-state index is 12.7. The number of para-hydroxylation sites is 2. The van der Waals surface area contributed by atoms with Crippen LogP contribution in [0.2, 0.25) is 0 Å². The van der Waals surface area contributed by atoms with Crippen LogP contribution in [0.5, 0.6) is 5.75 Å². The number of hydrogen-bond acceptors (Lipinski definition) is 3. The Morgan fingerprint density at radius 3 is 2.20 bits per heavy atom. The fourth-order valence-electron chi connectivity index (χ4n) is 7.10. The van der Waals surface area contributed by atoms with Crippen molar-refractivity contribution in [2.24, 2.45) is 23.7 Å². The van der Waals surface area contributed by atoms with Gasteiger partial charge in [-0.15, -0.1) is 13.2 Å². The number of likely N-dealkylation sites (tertiary alicyclic amines) is 1. The summed E-state index contributed by atoms with van der Waals surface area (Å²) in [6, 6.07) is 4.93. The summed E-state index contributed by atoms with van der Waals surface area (Å²) in [7, 11) is 0. The highest BCUT2D eigenvalue weighted by Gasteiger charge is 2.51. The second-order valence-electron chi connectivity index (χ2n) is 10.9. The largest absolute Gasteiger partial charge is 0.573 e. The van der Waals surface area contributed by atoms with Crippen LogP contribution in [0.25, 0.3) is 0 Å². The van der Waals surface area contributed by atoms with Crippen molar-refractivity contribution < 1.29 is 27.5 Å². The van der Waals surface area contributed by atoms with Crippen molar-refractivity contribution in [3.8, 4) is 5.75 Å². The van der Waals surface area contributed by atoms with Gasteiger partial charge in [-0.2, -0.15) is 0 Å². The summed E-state index contributed by atoms with van der Waals surface area (Å²) < 4.78 is 41.9. The summed E-state index contributed by atoms with van der Waals surface area (Å²) in [6.07, 6.45) is 3.90. The van der Waals surface area contributed by atoms with Gasteiger partial charge in [-0.1, -0.05) is 12.1 Å². The fourth-order valence-corrected chi connectivity index (χ4v) is 7.10. The lowest BCUT2D eigenvalue weighted by molar-refractivity contribution is -0.274. The molecule has 0 unspecified atom stereocenters. The Balaban J connectivity index is 1.06. The zero-order valence-electron chi connectivity index (χ0n) is 19.7. The first kappa shape index (κ1) is 24.1. The molecule has 6 rings (SSSR count). The molecule has 1 aromatic rings. The normalized spacial score (nSPS) is 30.1. The van der Waals surface area contributed by atoms with Gasteiger partial charge in [0.05, 0.1) is 5.69 Å². The number of rotatable bonds is 5. The highest BCUT2D eigenvalue weighted by Crippen LogP contribution is 2.55. The van der Waals surface area contributed by atoms with Crippen LogP contribution in [0.1, 0.15) is 51.4 Å². The molecule has 4 aliphatic carbocycles. The summed E-state index contributed by atoms with van der Waals surface area (Å²) in [4.78, 5) is 26.9. The van der Waals surface area contributed by atoms with Gasteiger partial charge in [0.1, 0.15) is 0 Å². The quantitative estimate of drug-likeness (QED) is 0.533. The van der Waals surface area contributed by atoms with Gasteiger partial charge < -0.3 is 25.6 Å². The maximum atomic E-state index is 12.7. The maximum Gasteiger partial charge on any atom is 0.573 e. The Morgan fingerprint density at radius 2 is 1.60 bits per heavy atom. The van der Waals surface area contributed by atoms with Crippen molar-refractivity contribution in [1.82, 2.24) is 15.5 Å². The molecule has 0 aromatic heterocycles. The van der Waals surface area contributed by atoms with Crippen molar-refractivity contribution in [2.75, 3.05) is 25.0 Å². The molecule has 5 aliphatic rings. The molecular weight excluding hydrogens is 461 g/mol. The third kappa shape index (κ3) is 5.78. The average molecular weight is 495 g/mol. The molecule has 4 saturated carbocycles. The molecule has 35 heavy (non-hydrogen) atoms. The minimum Gasteiger partial charge on any atom is -0.404 e. The number of carbonyl (C=O) groups is 2. The molecule has 10 heteroatoms. The summed E-state index contributed by atoms with van der Waals surface area (Å²) in [5.74, 6) is 2.11. The van der Waals surface area contributed by atoms with E-state index >= 15 is 0 Å². The van der Waals surface area contributed by atoms with Crippen LogP contribution in [0, 0.1) is 23.7 Å². The van der Waals surface area contributed by atoms with Crippen molar-refractivity contribution in [3.05, 3.63) is 24.3 Å². The topological polar surface area (TPSA) is 82.7 Å². The highest BCUT2D eigenvalue weighted by atomic mass is 19.4. The molecule has 0 spiro atoms. The molecule has 3 N–H and O–H groups in total. The molecule has 1 heterocycles. The number of hydrogen-bond donors (Lipinski definition) is 3. The minimum atomic E-state index is -4.84. The predicted octanol–water partition coefficient (Wildman–Crippen LogP) is 5.10. The van der Waals surface area contributed by atoms with Crippen molar-refractivity contribution >= 4 is 17.7 Å². The second kappa shape index (κ2) is 9.43. The highest BCUT2D eigenvalue weighted by molar-refractivity contribution is 5.91. The number of urea groups is 2.